The van der Waals surface area contributed by atoms with E-state index < -0.39 is 10.0 Å². The molecule has 0 saturated carbocycles. The highest BCUT2D eigenvalue weighted by atomic mass is 32.2. The molecule has 3 heterocycles. The molecule has 0 amide bonds. The lowest BCUT2D eigenvalue weighted by molar-refractivity contribution is 0.172. The van der Waals surface area contributed by atoms with Crippen LogP contribution in [-0.2, 0) is 15.4 Å². The van der Waals surface area contributed by atoms with E-state index in [9.17, 15) is 8.42 Å². The summed E-state index contributed by atoms with van der Waals surface area (Å²) in [6.07, 6.45) is 7.06. The number of fused-ring (bicyclic) bond motifs is 2. The summed E-state index contributed by atoms with van der Waals surface area (Å²) in [5, 5.41) is 16.1. The van der Waals surface area contributed by atoms with Crippen LogP contribution in [-0.4, -0.2) is 61.5 Å². The average Bonchev–Trinajstić information content (AvgIpc) is 3.62. The van der Waals surface area contributed by atoms with Crippen LogP contribution in [0.1, 0.15) is 87.2 Å². The number of likely N-dealkylation sites (tertiary alicyclic amines) is 1. The van der Waals surface area contributed by atoms with Crippen molar-refractivity contribution in [3.05, 3.63) is 77.2 Å². The van der Waals surface area contributed by atoms with Crippen LogP contribution in [0, 0.1) is 0 Å². The van der Waals surface area contributed by atoms with E-state index >= 15 is 0 Å². The first-order valence-electron chi connectivity index (χ1n) is 15.9. The lowest BCUT2D eigenvalue weighted by atomic mass is 9.85. The summed E-state index contributed by atoms with van der Waals surface area (Å²) < 4.78 is 41.3. The highest BCUT2D eigenvalue weighted by Crippen LogP contribution is 2.41. The Balaban J connectivity index is 1.18. The van der Waals surface area contributed by atoms with Gasteiger partial charge in [0, 0.05) is 6.04 Å². The van der Waals surface area contributed by atoms with Gasteiger partial charge in [0.15, 0.2) is 17.2 Å². The van der Waals surface area contributed by atoms with Crippen LogP contribution in [0.4, 0.5) is 11.4 Å². The Bertz CT molecular complexity index is 1820. The minimum atomic E-state index is -3.50. The van der Waals surface area contributed by atoms with Gasteiger partial charge in [-0.05, 0) is 85.6 Å². The first-order chi connectivity index (χ1) is 21.9. The molecule has 1 saturated heterocycles. The predicted octanol–water partition coefficient (Wildman–Crippen LogP) is 5.79. The smallest absolute Gasteiger partial charge is 0.229 e. The van der Waals surface area contributed by atoms with Crippen molar-refractivity contribution >= 4 is 27.0 Å². The number of ether oxygens (including phenoxy) is 2. The van der Waals surface area contributed by atoms with Crippen molar-refractivity contribution in [2.24, 2.45) is 0 Å². The zero-order valence-corrected chi connectivity index (χ0v) is 28.3. The third-order valence-electron chi connectivity index (χ3n) is 9.02. The highest BCUT2D eigenvalue weighted by molar-refractivity contribution is 7.92. The largest absolute Gasteiger partial charge is 0.492 e. The number of nitrogens with one attached hydrogen (secondary N) is 3. The van der Waals surface area contributed by atoms with Crippen LogP contribution >= 0.6 is 0 Å². The minimum absolute atomic E-state index is 0.0815. The quantitative estimate of drug-likeness (QED) is 0.184. The molecule has 2 aromatic heterocycles. The van der Waals surface area contributed by atoms with Crippen molar-refractivity contribution in [2.45, 2.75) is 70.1 Å². The molecular weight excluding hydrogens is 602 g/mol. The van der Waals surface area contributed by atoms with E-state index in [1.165, 1.54) is 5.56 Å². The molecule has 3 N–H and O–H groups in total. The fraction of sp³-hybridized carbons (Fsp3) is 0.471. The van der Waals surface area contributed by atoms with E-state index in [1.807, 2.05) is 30.5 Å². The van der Waals surface area contributed by atoms with E-state index in [2.05, 4.69) is 86.9 Å². The molecule has 11 nitrogen and oxygen atoms in total. The number of hydrogen-bond acceptors (Lipinski definition) is 9. The molecule has 1 aliphatic heterocycles. The van der Waals surface area contributed by atoms with Crippen molar-refractivity contribution in [3.63, 3.8) is 0 Å². The molecule has 3 unspecified atom stereocenters. The van der Waals surface area contributed by atoms with Crippen LogP contribution in [0.25, 0.3) is 5.65 Å². The standard InChI is InChI=1S/C34H45N7O4S/c1-34(2,3)22-18-27(32(44-5)28(19-22)39-46(6,42)43)36-21-35-26-14-15-30(25-11-8-7-10-24(25)26)45-23-13-16-31-37-38-33(41(31)20-23)29-12-9-17-40(29)4/h7-8,10-11,13,16,18-20,26,29-30,35-36,39H,9,12,14-15,17,21H2,1-6H3. The number of pyridine rings is 1. The molecule has 0 bridgehead atoms. The summed E-state index contributed by atoms with van der Waals surface area (Å²) in [5.74, 6) is 2.21. The first kappa shape index (κ1) is 32.1. The lowest BCUT2D eigenvalue weighted by Crippen LogP contribution is -2.32. The molecule has 1 aliphatic carbocycles. The Labute approximate surface area is 271 Å². The number of nitrogens with zero attached hydrogens (tertiary/aromatic N) is 4. The van der Waals surface area contributed by atoms with E-state index in [0.717, 1.165) is 66.8 Å². The van der Waals surface area contributed by atoms with Crippen LogP contribution < -0.4 is 24.8 Å². The normalized spacial score (nSPS) is 20.4. The van der Waals surface area contributed by atoms with Gasteiger partial charge in [-0.25, -0.2) is 8.42 Å². The van der Waals surface area contributed by atoms with Crippen LogP contribution in [0.15, 0.2) is 54.7 Å². The predicted molar refractivity (Wildman–Crippen MR) is 181 cm³/mol. The Kier molecular flexibility index (Phi) is 8.88. The minimum Gasteiger partial charge on any atom is -0.492 e. The number of hydrogen-bond donors (Lipinski definition) is 3. The molecule has 2 aromatic carbocycles. The van der Waals surface area contributed by atoms with Gasteiger partial charge in [0.2, 0.25) is 10.0 Å². The van der Waals surface area contributed by atoms with Crippen molar-refractivity contribution in [2.75, 3.05) is 43.7 Å². The number of methoxy groups -OCH3 is 1. The second-order valence-corrected chi connectivity index (χ2v) is 15.2. The maximum absolute atomic E-state index is 12.1. The Morgan fingerprint density at radius 2 is 1.76 bits per heavy atom. The topological polar surface area (TPSA) is 122 Å². The molecule has 1 fully saturated rings. The van der Waals surface area contributed by atoms with Gasteiger partial charge in [-0.15, -0.1) is 10.2 Å². The Hall–Kier alpha value is -3.87. The maximum atomic E-state index is 12.1. The van der Waals surface area contributed by atoms with Crippen LogP contribution in [0.5, 0.6) is 11.5 Å². The molecule has 46 heavy (non-hydrogen) atoms. The second kappa shape index (κ2) is 12.7. The third kappa shape index (κ3) is 6.79. The van der Waals surface area contributed by atoms with Gasteiger partial charge in [0.05, 0.1) is 43.6 Å². The van der Waals surface area contributed by atoms with Crippen molar-refractivity contribution < 1.29 is 17.9 Å². The average molecular weight is 648 g/mol. The summed E-state index contributed by atoms with van der Waals surface area (Å²) in [4.78, 5) is 2.34. The number of sulfonamides is 1. The summed E-state index contributed by atoms with van der Waals surface area (Å²) >= 11 is 0. The second-order valence-electron chi connectivity index (χ2n) is 13.4. The molecular formula is C34H45N7O4S. The summed E-state index contributed by atoms with van der Waals surface area (Å²) in [7, 11) is 0.191. The summed E-state index contributed by atoms with van der Waals surface area (Å²) in [6.45, 7) is 7.80. The van der Waals surface area contributed by atoms with Crippen LogP contribution in [0.2, 0.25) is 0 Å². The maximum Gasteiger partial charge on any atom is 0.229 e. The van der Waals surface area contributed by atoms with Crippen molar-refractivity contribution in [1.82, 2.24) is 24.8 Å². The van der Waals surface area contributed by atoms with Crippen LogP contribution in [0.3, 0.4) is 0 Å². The molecule has 12 heteroatoms. The Morgan fingerprint density at radius 1 is 1.00 bits per heavy atom. The fourth-order valence-electron chi connectivity index (χ4n) is 6.63. The first-order valence-corrected chi connectivity index (χ1v) is 17.8. The van der Waals surface area contributed by atoms with E-state index in [4.69, 9.17) is 9.47 Å². The zero-order chi connectivity index (χ0) is 32.6. The number of anilines is 2. The van der Waals surface area contributed by atoms with Gasteiger partial charge in [0.25, 0.3) is 0 Å². The molecule has 0 spiro atoms. The number of benzene rings is 2. The molecule has 3 atom stereocenters. The summed E-state index contributed by atoms with van der Waals surface area (Å²) in [5.41, 5.74) is 5.10. The van der Waals surface area contributed by atoms with Gasteiger partial charge in [-0.1, -0.05) is 45.0 Å². The Morgan fingerprint density at radius 3 is 2.46 bits per heavy atom. The molecule has 2 aliphatic rings. The van der Waals surface area contributed by atoms with Gasteiger partial charge in [-0.2, -0.15) is 0 Å². The SMILES string of the molecule is COc1c(NCNC2CCC(Oc3ccc4nnc(C5CCCN5C)n4c3)c3ccccc32)cc(C(C)(C)C)cc1NS(C)(=O)=O. The monoisotopic (exact) mass is 647 g/mol. The molecule has 0 radical (unpaired) electrons. The molecule has 246 valence electrons. The third-order valence-corrected chi connectivity index (χ3v) is 9.61. The summed E-state index contributed by atoms with van der Waals surface area (Å²) in [6, 6.07) is 16.6. The van der Waals surface area contributed by atoms with Crippen molar-refractivity contribution in [1.29, 1.82) is 0 Å². The lowest BCUT2D eigenvalue weighted by Gasteiger charge is -2.32. The van der Waals surface area contributed by atoms with Gasteiger partial charge in [0.1, 0.15) is 11.9 Å². The van der Waals surface area contributed by atoms with Gasteiger partial charge in [-0.3, -0.25) is 19.3 Å². The highest BCUT2D eigenvalue weighted by Gasteiger charge is 2.30. The number of aromatic nitrogens is 3. The molecule has 4 aromatic rings. The van der Waals surface area contributed by atoms with Gasteiger partial charge < -0.3 is 14.8 Å². The fourth-order valence-corrected chi connectivity index (χ4v) is 7.18. The van der Waals surface area contributed by atoms with E-state index in [-0.39, 0.29) is 23.6 Å². The van der Waals surface area contributed by atoms with Gasteiger partial charge >= 0.3 is 0 Å². The number of rotatable bonds is 10. The van der Waals surface area contributed by atoms with Crippen molar-refractivity contribution in [3.8, 4) is 11.5 Å². The van der Waals surface area contributed by atoms with E-state index in [1.54, 1.807) is 7.11 Å². The van der Waals surface area contributed by atoms with E-state index in [0.29, 0.717) is 23.8 Å². The molecule has 6 rings (SSSR count). The zero-order valence-electron chi connectivity index (χ0n) is 27.5.